The molecule has 1 aromatic rings. The van der Waals surface area contributed by atoms with Gasteiger partial charge in [-0.05, 0) is 37.5 Å². The molecule has 0 spiro atoms. The van der Waals surface area contributed by atoms with Crippen LogP contribution in [-0.2, 0) is 4.79 Å². The number of guanidine groups is 1. The van der Waals surface area contributed by atoms with Gasteiger partial charge in [-0.1, -0.05) is 31.4 Å². The maximum absolute atomic E-state index is 12.2. The number of hydrogen-bond donors (Lipinski definition) is 4. The predicted molar refractivity (Wildman–Crippen MR) is 112 cm³/mol. The van der Waals surface area contributed by atoms with Crippen molar-refractivity contribution >= 4 is 11.9 Å². The van der Waals surface area contributed by atoms with E-state index in [9.17, 15) is 18.7 Å². The van der Waals surface area contributed by atoms with E-state index in [1.54, 1.807) is 0 Å². The maximum Gasteiger partial charge on any atom is 0.387 e. The Labute approximate surface area is 176 Å². The highest BCUT2D eigenvalue weighted by molar-refractivity contribution is 5.81. The molecule has 1 atom stereocenters. The van der Waals surface area contributed by atoms with Crippen LogP contribution in [0.4, 0.5) is 8.78 Å². The number of rotatable bonds is 10. The Morgan fingerprint density at radius 2 is 1.90 bits per heavy atom. The van der Waals surface area contributed by atoms with E-state index in [-0.39, 0.29) is 18.2 Å². The van der Waals surface area contributed by atoms with Crippen molar-refractivity contribution in [2.24, 2.45) is 4.99 Å². The number of hydrogen-bond acceptors (Lipinski definition) is 4. The molecule has 0 bridgehead atoms. The summed E-state index contributed by atoms with van der Waals surface area (Å²) in [5.41, 5.74) is 0.545. The van der Waals surface area contributed by atoms with Gasteiger partial charge >= 0.3 is 6.61 Å². The van der Waals surface area contributed by atoms with Gasteiger partial charge in [0, 0.05) is 25.6 Å². The smallest absolute Gasteiger partial charge is 0.387 e. The molecule has 7 nitrogen and oxygen atoms in total. The zero-order valence-corrected chi connectivity index (χ0v) is 17.4. The van der Waals surface area contributed by atoms with Crippen LogP contribution in [0.5, 0.6) is 5.75 Å². The number of nitrogens with one attached hydrogen (secondary N) is 3. The third kappa shape index (κ3) is 8.94. The lowest BCUT2D eigenvalue weighted by molar-refractivity contribution is -0.121. The highest BCUT2D eigenvalue weighted by Gasteiger charge is 2.15. The van der Waals surface area contributed by atoms with Crippen molar-refractivity contribution in [3.8, 4) is 5.75 Å². The van der Waals surface area contributed by atoms with E-state index in [0.717, 1.165) is 12.8 Å². The van der Waals surface area contributed by atoms with E-state index in [2.05, 4.69) is 25.7 Å². The van der Waals surface area contributed by atoms with Gasteiger partial charge in [-0.2, -0.15) is 8.78 Å². The van der Waals surface area contributed by atoms with E-state index in [1.807, 2.05) is 6.92 Å². The first-order valence-electron chi connectivity index (χ1n) is 10.5. The number of ether oxygens (including phenoxy) is 1. The summed E-state index contributed by atoms with van der Waals surface area (Å²) in [4.78, 5) is 16.4. The Hall–Kier alpha value is -2.42. The largest absolute Gasteiger partial charge is 0.435 e. The summed E-state index contributed by atoms with van der Waals surface area (Å²) in [5.74, 6) is 0.557. The van der Waals surface area contributed by atoms with Crippen LogP contribution < -0.4 is 20.7 Å². The summed E-state index contributed by atoms with van der Waals surface area (Å²) >= 11 is 0. The van der Waals surface area contributed by atoms with Gasteiger partial charge in [0.05, 0.1) is 12.6 Å². The fourth-order valence-electron chi connectivity index (χ4n) is 3.34. The molecule has 1 aliphatic carbocycles. The summed E-state index contributed by atoms with van der Waals surface area (Å²) in [6.07, 6.45) is 5.14. The number of amides is 1. The molecule has 1 unspecified atom stereocenters. The van der Waals surface area contributed by atoms with Crippen LogP contribution in [0.15, 0.2) is 29.3 Å². The van der Waals surface area contributed by atoms with Crippen molar-refractivity contribution in [3.05, 3.63) is 29.8 Å². The van der Waals surface area contributed by atoms with Crippen LogP contribution in [-0.4, -0.2) is 49.3 Å². The van der Waals surface area contributed by atoms with E-state index >= 15 is 0 Å². The monoisotopic (exact) mass is 426 g/mol. The number of carbonyl (C=O) groups is 1. The standard InChI is InChI=1S/C21H32F2N4O3/c1-2-24-21(25-13-12-19(29)27-16-6-4-3-5-7-16)26-14-18(28)15-8-10-17(11-9-15)30-20(22)23/h8-11,16,18,20,28H,2-7,12-14H2,1H3,(H,27,29)(H2,24,25,26). The first kappa shape index (κ1) is 23.9. The van der Waals surface area contributed by atoms with Gasteiger partial charge in [0.2, 0.25) is 5.91 Å². The number of benzene rings is 1. The minimum Gasteiger partial charge on any atom is -0.435 e. The van der Waals surface area contributed by atoms with Crippen LogP contribution in [0, 0.1) is 0 Å². The minimum atomic E-state index is -2.89. The van der Waals surface area contributed by atoms with E-state index in [0.29, 0.717) is 37.1 Å². The zero-order valence-electron chi connectivity index (χ0n) is 17.4. The van der Waals surface area contributed by atoms with Gasteiger partial charge in [0.15, 0.2) is 5.96 Å². The normalized spacial score (nSPS) is 16.2. The molecule has 1 amide bonds. The summed E-state index contributed by atoms with van der Waals surface area (Å²) < 4.78 is 28.7. The average Bonchev–Trinajstić information content (AvgIpc) is 2.72. The number of nitrogens with zero attached hydrogens (tertiary/aromatic N) is 1. The molecule has 0 aliphatic heterocycles. The Morgan fingerprint density at radius 1 is 1.20 bits per heavy atom. The molecule has 1 aromatic carbocycles. The second-order valence-electron chi connectivity index (χ2n) is 7.26. The number of aliphatic hydroxyl groups excluding tert-OH is 1. The molecular weight excluding hydrogens is 394 g/mol. The SMILES string of the molecule is CCNC(=NCC(O)c1ccc(OC(F)F)cc1)NCCC(=O)NC1CCCCC1. The number of aliphatic hydroxyl groups is 1. The molecule has 0 saturated heterocycles. The molecule has 2 rings (SSSR count). The van der Waals surface area contributed by atoms with Gasteiger partial charge in [-0.25, -0.2) is 0 Å². The van der Waals surface area contributed by atoms with Crippen LogP contribution in [0.25, 0.3) is 0 Å². The van der Waals surface area contributed by atoms with Crippen LogP contribution in [0.2, 0.25) is 0 Å². The third-order valence-corrected chi connectivity index (χ3v) is 4.87. The zero-order chi connectivity index (χ0) is 21.8. The number of halogens is 2. The summed E-state index contributed by atoms with van der Waals surface area (Å²) in [6, 6.07) is 6.09. The lowest BCUT2D eigenvalue weighted by Crippen LogP contribution is -2.41. The van der Waals surface area contributed by atoms with Gasteiger partial charge in [0.1, 0.15) is 5.75 Å². The number of alkyl halides is 2. The van der Waals surface area contributed by atoms with Crippen LogP contribution in [0.1, 0.15) is 57.1 Å². The Bertz CT molecular complexity index is 665. The first-order chi connectivity index (χ1) is 14.5. The summed E-state index contributed by atoms with van der Waals surface area (Å²) in [5, 5.41) is 19.5. The molecule has 1 aliphatic rings. The van der Waals surface area contributed by atoms with Crippen LogP contribution in [0.3, 0.4) is 0 Å². The molecule has 1 saturated carbocycles. The molecule has 0 aromatic heterocycles. The first-order valence-corrected chi connectivity index (χ1v) is 10.5. The Balaban J connectivity index is 1.77. The van der Waals surface area contributed by atoms with Crippen molar-refractivity contribution < 1.29 is 23.4 Å². The third-order valence-electron chi connectivity index (χ3n) is 4.87. The van der Waals surface area contributed by atoms with Gasteiger partial charge < -0.3 is 25.8 Å². The maximum atomic E-state index is 12.2. The van der Waals surface area contributed by atoms with Crippen molar-refractivity contribution in [2.45, 2.75) is 64.2 Å². The minimum absolute atomic E-state index is 0.0244. The van der Waals surface area contributed by atoms with E-state index < -0.39 is 12.7 Å². The van der Waals surface area contributed by atoms with E-state index in [4.69, 9.17) is 0 Å². The molecule has 0 heterocycles. The molecule has 9 heteroatoms. The molecule has 168 valence electrons. The van der Waals surface area contributed by atoms with Crippen molar-refractivity contribution in [3.63, 3.8) is 0 Å². The Morgan fingerprint density at radius 3 is 2.53 bits per heavy atom. The summed E-state index contributed by atoms with van der Waals surface area (Å²) in [6.45, 7) is 0.184. The van der Waals surface area contributed by atoms with Crippen molar-refractivity contribution in [2.75, 3.05) is 19.6 Å². The fourth-order valence-corrected chi connectivity index (χ4v) is 3.34. The quantitative estimate of drug-likeness (QED) is 0.341. The van der Waals surface area contributed by atoms with Crippen LogP contribution >= 0.6 is 0 Å². The van der Waals surface area contributed by atoms with Gasteiger partial charge in [0.25, 0.3) is 0 Å². The average molecular weight is 427 g/mol. The molecule has 4 N–H and O–H groups in total. The molecule has 30 heavy (non-hydrogen) atoms. The molecule has 1 fully saturated rings. The fraction of sp³-hybridized carbons (Fsp3) is 0.619. The summed E-state index contributed by atoms with van der Waals surface area (Å²) in [7, 11) is 0. The predicted octanol–water partition coefficient (Wildman–Crippen LogP) is 2.72. The molecule has 0 radical (unpaired) electrons. The van der Waals surface area contributed by atoms with Gasteiger partial charge in [-0.3, -0.25) is 9.79 Å². The van der Waals surface area contributed by atoms with E-state index in [1.165, 1.54) is 43.5 Å². The van der Waals surface area contributed by atoms with Crippen molar-refractivity contribution in [1.29, 1.82) is 0 Å². The highest BCUT2D eigenvalue weighted by atomic mass is 19.3. The topological polar surface area (TPSA) is 95.0 Å². The second-order valence-corrected chi connectivity index (χ2v) is 7.26. The Kier molecular flexibility index (Phi) is 10.3. The molecular formula is C21H32F2N4O3. The number of carbonyl (C=O) groups excluding carboxylic acids is 1. The lowest BCUT2D eigenvalue weighted by Gasteiger charge is -2.22. The second kappa shape index (κ2) is 13.0. The van der Waals surface area contributed by atoms with Gasteiger partial charge in [-0.15, -0.1) is 0 Å². The number of aliphatic imine (C=N–C) groups is 1. The van der Waals surface area contributed by atoms with Crippen molar-refractivity contribution in [1.82, 2.24) is 16.0 Å². The highest BCUT2D eigenvalue weighted by Crippen LogP contribution is 2.19. The lowest BCUT2D eigenvalue weighted by atomic mass is 9.95.